The van der Waals surface area contributed by atoms with Gasteiger partial charge in [0.1, 0.15) is 16.6 Å². The van der Waals surface area contributed by atoms with Crippen LogP contribution in [0.5, 0.6) is 5.75 Å². The number of carbonyl (C=O) groups excluding carboxylic acids is 2. The van der Waals surface area contributed by atoms with Crippen molar-refractivity contribution < 1.29 is 27.0 Å². The van der Waals surface area contributed by atoms with Gasteiger partial charge in [0.15, 0.2) is 6.10 Å². The number of hydrogen-bond donors (Lipinski definition) is 0. The molecule has 10 heteroatoms. The highest BCUT2D eigenvalue weighted by atomic mass is 79.9. The average Bonchev–Trinajstić information content (AvgIpc) is 3.46. The fraction of sp³-hybridized carbons (Fsp3) is 0.103. The van der Waals surface area contributed by atoms with Gasteiger partial charge in [0.05, 0.1) is 17.4 Å². The molecule has 4 aromatic rings. The highest BCUT2D eigenvalue weighted by molar-refractivity contribution is 9.10. The van der Waals surface area contributed by atoms with Crippen molar-refractivity contribution in [3.63, 3.8) is 0 Å². The van der Waals surface area contributed by atoms with Crippen LogP contribution in [-0.4, -0.2) is 26.3 Å². The molecule has 0 aromatic heterocycles. The fourth-order valence-electron chi connectivity index (χ4n) is 4.88. The van der Waals surface area contributed by atoms with Crippen LogP contribution in [-0.2, 0) is 24.5 Å². The van der Waals surface area contributed by atoms with Crippen LogP contribution in [0.25, 0.3) is 0 Å². The highest BCUT2D eigenvalue weighted by Crippen LogP contribution is 2.47. The summed E-state index contributed by atoms with van der Waals surface area (Å²) in [6.07, 6.45) is -1.01. The number of anilines is 2. The van der Waals surface area contributed by atoms with Crippen LogP contribution >= 0.6 is 15.9 Å². The molecule has 2 aliphatic rings. The molecule has 2 fully saturated rings. The summed E-state index contributed by atoms with van der Waals surface area (Å²) in [7, 11) is -4.01. The Bertz CT molecular complexity index is 1630. The van der Waals surface area contributed by atoms with Gasteiger partial charge in [-0.2, -0.15) is 8.42 Å². The first kappa shape index (κ1) is 25.3. The van der Waals surface area contributed by atoms with Crippen LogP contribution in [0.3, 0.4) is 0 Å². The van der Waals surface area contributed by atoms with Crippen molar-refractivity contribution in [2.75, 3.05) is 9.96 Å². The second-order valence-corrected chi connectivity index (χ2v) is 11.5. The minimum Gasteiger partial charge on any atom is -0.379 e. The van der Waals surface area contributed by atoms with E-state index >= 15 is 0 Å². The Balaban J connectivity index is 1.34. The van der Waals surface area contributed by atoms with E-state index in [0.717, 1.165) is 4.47 Å². The Morgan fingerprint density at radius 3 is 1.97 bits per heavy atom. The zero-order valence-electron chi connectivity index (χ0n) is 20.3. The summed E-state index contributed by atoms with van der Waals surface area (Å²) in [5.41, 5.74) is 1.81. The molecule has 4 aromatic carbocycles. The molecule has 0 spiro atoms. The summed E-state index contributed by atoms with van der Waals surface area (Å²) in [4.78, 5) is 34.5. The first-order chi connectivity index (χ1) is 18.8. The number of amides is 2. The van der Waals surface area contributed by atoms with Crippen molar-refractivity contribution >= 4 is 49.2 Å². The van der Waals surface area contributed by atoms with E-state index in [0.29, 0.717) is 16.9 Å². The maximum Gasteiger partial charge on any atom is 0.339 e. The van der Waals surface area contributed by atoms with Gasteiger partial charge in [-0.15, -0.1) is 0 Å². The van der Waals surface area contributed by atoms with Crippen LogP contribution in [0.2, 0.25) is 0 Å². The smallest absolute Gasteiger partial charge is 0.339 e. The third-order valence-corrected chi connectivity index (χ3v) is 8.46. The lowest BCUT2D eigenvalue weighted by Crippen LogP contribution is -2.37. The summed E-state index contributed by atoms with van der Waals surface area (Å²) >= 11 is 3.38. The van der Waals surface area contributed by atoms with E-state index in [4.69, 9.17) is 9.02 Å². The molecule has 2 aliphatic heterocycles. The Labute approximate surface area is 233 Å². The van der Waals surface area contributed by atoms with Gasteiger partial charge in [0, 0.05) is 4.47 Å². The number of rotatable bonds is 6. The second-order valence-electron chi connectivity index (χ2n) is 9.07. The molecule has 2 saturated heterocycles. The monoisotopic (exact) mass is 604 g/mol. The molecule has 0 saturated carbocycles. The Hall–Kier alpha value is -3.99. The van der Waals surface area contributed by atoms with Gasteiger partial charge < -0.3 is 4.18 Å². The third kappa shape index (κ3) is 4.60. The molecule has 0 bridgehead atoms. The maximum absolute atomic E-state index is 13.7. The normalized spacial score (nSPS) is 20.8. The van der Waals surface area contributed by atoms with Gasteiger partial charge in [-0.25, -0.2) is 9.96 Å². The Morgan fingerprint density at radius 2 is 1.33 bits per heavy atom. The van der Waals surface area contributed by atoms with E-state index in [1.54, 1.807) is 59.7 Å². The number of nitrogens with zero attached hydrogens (tertiary/aromatic N) is 2. The number of benzene rings is 4. The minimum atomic E-state index is -4.01. The van der Waals surface area contributed by atoms with Gasteiger partial charge in [-0.05, 0) is 66.2 Å². The number of imide groups is 1. The van der Waals surface area contributed by atoms with Gasteiger partial charge >= 0.3 is 10.1 Å². The maximum atomic E-state index is 13.7. The standard InChI is InChI=1S/C29H21BrN2O6S/c30-20-13-15-21(16-14-20)31-28(33)25-26(32(37-27(25)29(31)34)22-7-3-1-4-8-22)19-11-17-23(18-12-19)38-39(35,36)24-9-5-2-6-10-24/h1-18,25-27H. The lowest BCUT2D eigenvalue weighted by atomic mass is 9.90. The molecule has 2 heterocycles. The van der Waals surface area contributed by atoms with Crippen LogP contribution < -0.4 is 14.1 Å². The fourth-order valence-corrected chi connectivity index (χ4v) is 6.09. The molecule has 0 N–H and O–H groups in total. The van der Waals surface area contributed by atoms with Crippen molar-refractivity contribution in [2.24, 2.45) is 5.92 Å². The lowest BCUT2D eigenvalue weighted by Gasteiger charge is -2.28. The number of hydrogen-bond acceptors (Lipinski definition) is 7. The molecule has 0 radical (unpaired) electrons. The van der Waals surface area contributed by atoms with Crippen molar-refractivity contribution in [1.82, 2.24) is 0 Å². The van der Waals surface area contributed by atoms with E-state index in [1.807, 2.05) is 30.3 Å². The van der Waals surface area contributed by atoms with Gasteiger partial charge in [-0.3, -0.25) is 14.4 Å². The number of carbonyl (C=O) groups is 2. The summed E-state index contributed by atoms with van der Waals surface area (Å²) in [6.45, 7) is 0. The molecular weight excluding hydrogens is 584 g/mol. The zero-order valence-corrected chi connectivity index (χ0v) is 22.7. The van der Waals surface area contributed by atoms with E-state index in [-0.39, 0.29) is 16.6 Å². The van der Waals surface area contributed by atoms with Crippen LogP contribution in [0, 0.1) is 5.92 Å². The van der Waals surface area contributed by atoms with E-state index < -0.39 is 34.1 Å². The van der Waals surface area contributed by atoms with E-state index in [9.17, 15) is 18.0 Å². The Morgan fingerprint density at radius 1 is 0.718 bits per heavy atom. The zero-order chi connectivity index (χ0) is 27.1. The molecular formula is C29H21BrN2O6S. The van der Waals surface area contributed by atoms with Gasteiger partial charge in [-0.1, -0.05) is 64.5 Å². The van der Waals surface area contributed by atoms with E-state index in [2.05, 4.69) is 15.9 Å². The van der Waals surface area contributed by atoms with Gasteiger partial charge in [0.25, 0.3) is 5.91 Å². The van der Waals surface area contributed by atoms with Crippen LogP contribution in [0.15, 0.2) is 119 Å². The van der Waals surface area contributed by atoms with E-state index in [1.165, 1.54) is 29.2 Å². The molecule has 3 atom stereocenters. The van der Waals surface area contributed by atoms with Crippen molar-refractivity contribution in [3.05, 3.63) is 119 Å². The molecule has 3 unspecified atom stereocenters. The number of hydroxylamine groups is 1. The first-order valence-electron chi connectivity index (χ1n) is 12.1. The predicted molar refractivity (Wildman–Crippen MR) is 147 cm³/mol. The molecule has 0 aliphatic carbocycles. The largest absolute Gasteiger partial charge is 0.379 e. The predicted octanol–water partition coefficient (Wildman–Crippen LogP) is 5.27. The molecule has 2 amide bonds. The third-order valence-electron chi connectivity index (χ3n) is 6.67. The molecule has 39 heavy (non-hydrogen) atoms. The summed E-state index contributed by atoms with van der Waals surface area (Å²) < 4.78 is 31.5. The summed E-state index contributed by atoms with van der Waals surface area (Å²) in [5.74, 6) is -1.51. The average molecular weight is 605 g/mol. The minimum absolute atomic E-state index is 0.0412. The second kappa shape index (κ2) is 9.96. The molecule has 8 nitrogen and oxygen atoms in total. The van der Waals surface area contributed by atoms with Gasteiger partial charge in [0.2, 0.25) is 5.91 Å². The number of fused-ring (bicyclic) bond motifs is 1. The number of halogens is 1. The number of para-hydroxylation sites is 1. The van der Waals surface area contributed by atoms with Crippen molar-refractivity contribution in [3.8, 4) is 5.75 Å². The molecule has 6 rings (SSSR count). The highest BCUT2D eigenvalue weighted by Gasteiger charge is 2.60. The Kier molecular flexibility index (Phi) is 6.46. The topological polar surface area (TPSA) is 93.2 Å². The lowest BCUT2D eigenvalue weighted by molar-refractivity contribution is -0.126. The molecule has 196 valence electrons. The summed E-state index contributed by atoms with van der Waals surface area (Å²) in [5, 5.41) is 1.58. The first-order valence-corrected chi connectivity index (χ1v) is 14.3. The van der Waals surface area contributed by atoms with Crippen molar-refractivity contribution in [1.29, 1.82) is 0 Å². The summed E-state index contributed by atoms with van der Waals surface area (Å²) in [6, 6.07) is 29.8. The van der Waals surface area contributed by atoms with Crippen molar-refractivity contribution in [2.45, 2.75) is 17.0 Å². The SMILES string of the molecule is O=C1C2ON(c3ccccc3)C(c3ccc(OS(=O)(=O)c4ccccc4)cc3)C2C(=O)N1c1ccc(Br)cc1. The quantitative estimate of drug-likeness (QED) is 0.219. The van der Waals surface area contributed by atoms with Crippen LogP contribution in [0.1, 0.15) is 11.6 Å². The van der Waals surface area contributed by atoms with Crippen LogP contribution in [0.4, 0.5) is 11.4 Å².